The van der Waals surface area contributed by atoms with Crippen LogP contribution in [0.2, 0.25) is 0 Å². The number of aliphatic hydroxyl groups excluding tert-OH is 1. The van der Waals surface area contributed by atoms with Crippen molar-refractivity contribution in [3.05, 3.63) is 30.5 Å². The number of pyridine rings is 1. The summed E-state index contributed by atoms with van der Waals surface area (Å²) in [5.41, 5.74) is 0. The molecule has 0 fully saturated rings. The summed E-state index contributed by atoms with van der Waals surface area (Å²) in [5.74, 6) is 1.52. The summed E-state index contributed by atoms with van der Waals surface area (Å²) < 4.78 is 10.4. The Bertz CT molecular complexity index is 545. The molecule has 2 N–H and O–H groups in total. The molecule has 1 aromatic carbocycles. The number of anilines is 1. The first-order valence-electron chi connectivity index (χ1n) is 6.08. The van der Waals surface area contributed by atoms with Crippen molar-refractivity contribution in [1.29, 1.82) is 0 Å². The molecule has 0 aliphatic carbocycles. The maximum atomic E-state index is 9.30. The van der Waals surface area contributed by atoms with Crippen LogP contribution in [0.4, 0.5) is 5.82 Å². The summed E-state index contributed by atoms with van der Waals surface area (Å²) in [6.07, 6.45) is 1.72. The summed E-state index contributed by atoms with van der Waals surface area (Å²) in [5, 5.41) is 14.4. The molecular formula is C14H18N2O3. The quantitative estimate of drug-likeness (QED) is 0.829. The van der Waals surface area contributed by atoms with Crippen LogP contribution in [0.15, 0.2) is 30.5 Å². The Morgan fingerprint density at radius 2 is 2.11 bits per heavy atom. The molecule has 1 unspecified atom stereocenters. The third-order valence-electron chi connectivity index (χ3n) is 2.92. The Morgan fingerprint density at radius 1 is 1.26 bits per heavy atom. The zero-order chi connectivity index (χ0) is 13.7. The lowest BCUT2D eigenvalue weighted by Crippen LogP contribution is -2.29. The summed E-state index contributed by atoms with van der Waals surface area (Å²) in [4.78, 5) is 4.32. The molecule has 0 radical (unpaired) electrons. The van der Waals surface area contributed by atoms with Crippen LogP contribution in [0.5, 0.6) is 5.75 Å². The van der Waals surface area contributed by atoms with Crippen LogP contribution >= 0.6 is 0 Å². The Balaban J connectivity index is 2.38. The fraction of sp³-hybridized carbons (Fsp3) is 0.357. The Morgan fingerprint density at radius 3 is 2.79 bits per heavy atom. The van der Waals surface area contributed by atoms with Gasteiger partial charge in [-0.05, 0) is 12.1 Å². The van der Waals surface area contributed by atoms with E-state index in [0.29, 0.717) is 12.4 Å². The van der Waals surface area contributed by atoms with E-state index in [-0.39, 0.29) is 12.6 Å². The van der Waals surface area contributed by atoms with Crippen LogP contribution in [0.3, 0.4) is 0 Å². The standard InChI is InChI=1S/C14H18N2O3/c1-18-9-10(8-17)16-14-12-4-3-5-13(19-2)11(12)6-7-15-14/h3-7,10,17H,8-9H2,1-2H3,(H,15,16). The SMILES string of the molecule is COCC(CO)Nc1nccc2c(OC)cccc12. The molecule has 5 nitrogen and oxygen atoms in total. The molecule has 0 spiro atoms. The number of ether oxygens (including phenoxy) is 2. The molecule has 1 heterocycles. The Hall–Kier alpha value is -1.85. The minimum Gasteiger partial charge on any atom is -0.496 e. The number of fused-ring (bicyclic) bond motifs is 1. The molecular weight excluding hydrogens is 244 g/mol. The van der Waals surface area contributed by atoms with Gasteiger partial charge in [0, 0.05) is 24.1 Å². The van der Waals surface area contributed by atoms with Crippen molar-refractivity contribution in [3.63, 3.8) is 0 Å². The normalized spacial score (nSPS) is 12.4. The topological polar surface area (TPSA) is 63.6 Å². The largest absolute Gasteiger partial charge is 0.496 e. The maximum Gasteiger partial charge on any atom is 0.134 e. The molecule has 0 aliphatic rings. The van der Waals surface area contributed by atoms with Gasteiger partial charge in [0.1, 0.15) is 11.6 Å². The number of rotatable bonds is 6. The lowest BCUT2D eigenvalue weighted by molar-refractivity contribution is 0.153. The van der Waals surface area contributed by atoms with Gasteiger partial charge in [-0.2, -0.15) is 0 Å². The summed E-state index contributed by atoms with van der Waals surface area (Å²) in [6.45, 7) is 0.397. The lowest BCUT2D eigenvalue weighted by atomic mass is 10.1. The molecule has 2 aromatic rings. The van der Waals surface area contributed by atoms with Gasteiger partial charge in [0.05, 0.1) is 26.4 Å². The van der Waals surface area contributed by atoms with Crippen molar-refractivity contribution in [2.45, 2.75) is 6.04 Å². The molecule has 5 heteroatoms. The zero-order valence-corrected chi connectivity index (χ0v) is 11.1. The summed E-state index contributed by atoms with van der Waals surface area (Å²) in [6, 6.07) is 7.51. The van der Waals surface area contributed by atoms with Crippen molar-refractivity contribution in [1.82, 2.24) is 4.98 Å². The predicted octanol–water partition coefficient (Wildman–Crippen LogP) is 1.66. The number of methoxy groups -OCH3 is 2. The van der Waals surface area contributed by atoms with Crippen LogP contribution in [-0.4, -0.2) is 43.6 Å². The maximum absolute atomic E-state index is 9.30. The number of hydrogen-bond acceptors (Lipinski definition) is 5. The second kappa shape index (κ2) is 6.36. The van der Waals surface area contributed by atoms with E-state index in [9.17, 15) is 5.11 Å². The molecule has 1 aromatic heterocycles. The molecule has 0 saturated heterocycles. The highest BCUT2D eigenvalue weighted by molar-refractivity contribution is 5.95. The number of benzene rings is 1. The van der Waals surface area contributed by atoms with E-state index in [1.807, 2.05) is 24.3 Å². The van der Waals surface area contributed by atoms with Crippen LogP contribution in [-0.2, 0) is 4.74 Å². The molecule has 1 atom stereocenters. The zero-order valence-electron chi connectivity index (χ0n) is 11.1. The van der Waals surface area contributed by atoms with Crippen LogP contribution < -0.4 is 10.1 Å². The molecule has 102 valence electrons. The van der Waals surface area contributed by atoms with Gasteiger partial charge < -0.3 is 19.9 Å². The lowest BCUT2D eigenvalue weighted by Gasteiger charge is -2.17. The minimum absolute atomic E-state index is 0.0180. The predicted molar refractivity (Wildman–Crippen MR) is 74.7 cm³/mol. The monoisotopic (exact) mass is 262 g/mol. The first-order valence-corrected chi connectivity index (χ1v) is 6.08. The Kier molecular flexibility index (Phi) is 4.54. The number of nitrogens with zero attached hydrogens (tertiary/aromatic N) is 1. The van der Waals surface area contributed by atoms with Crippen molar-refractivity contribution in [2.75, 3.05) is 32.8 Å². The first kappa shape index (κ1) is 13.6. The average Bonchev–Trinajstić information content (AvgIpc) is 2.46. The molecule has 2 rings (SSSR count). The molecule has 0 aliphatic heterocycles. The molecule has 19 heavy (non-hydrogen) atoms. The van der Waals surface area contributed by atoms with E-state index < -0.39 is 0 Å². The van der Waals surface area contributed by atoms with Crippen molar-refractivity contribution in [3.8, 4) is 5.75 Å². The average molecular weight is 262 g/mol. The van der Waals surface area contributed by atoms with E-state index >= 15 is 0 Å². The van der Waals surface area contributed by atoms with Gasteiger partial charge in [-0.1, -0.05) is 12.1 Å². The molecule has 0 bridgehead atoms. The van der Waals surface area contributed by atoms with Crippen molar-refractivity contribution in [2.24, 2.45) is 0 Å². The summed E-state index contributed by atoms with van der Waals surface area (Å²) in [7, 11) is 3.24. The minimum atomic E-state index is -0.186. The fourth-order valence-corrected chi connectivity index (χ4v) is 2.01. The second-order valence-corrected chi connectivity index (χ2v) is 4.19. The first-order chi connectivity index (χ1) is 9.30. The van der Waals surface area contributed by atoms with Gasteiger partial charge in [-0.15, -0.1) is 0 Å². The second-order valence-electron chi connectivity index (χ2n) is 4.19. The van der Waals surface area contributed by atoms with Gasteiger partial charge in [0.25, 0.3) is 0 Å². The number of nitrogens with one attached hydrogen (secondary N) is 1. The third-order valence-corrected chi connectivity index (χ3v) is 2.92. The highest BCUT2D eigenvalue weighted by atomic mass is 16.5. The van der Waals surface area contributed by atoms with Gasteiger partial charge in [-0.3, -0.25) is 0 Å². The van der Waals surface area contributed by atoms with Crippen molar-refractivity contribution >= 4 is 16.6 Å². The van der Waals surface area contributed by atoms with E-state index in [4.69, 9.17) is 9.47 Å². The van der Waals surface area contributed by atoms with Gasteiger partial charge in [0.2, 0.25) is 0 Å². The van der Waals surface area contributed by atoms with E-state index in [1.165, 1.54) is 0 Å². The van der Waals surface area contributed by atoms with Gasteiger partial charge in [0.15, 0.2) is 0 Å². The number of aliphatic hydroxyl groups is 1. The highest BCUT2D eigenvalue weighted by Crippen LogP contribution is 2.29. The van der Waals surface area contributed by atoms with Crippen molar-refractivity contribution < 1.29 is 14.6 Å². The van der Waals surface area contributed by atoms with E-state index in [1.54, 1.807) is 20.4 Å². The van der Waals surface area contributed by atoms with Crippen LogP contribution in [0, 0.1) is 0 Å². The van der Waals surface area contributed by atoms with Crippen LogP contribution in [0.25, 0.3) is 10.8 Å². The van der Waals surface area contributed by atoms with Gasteiger partial charge in [-0.25, -0.2) is 4.98 Å². The third kappa shape index (κ3) is 2.94. The number of hydrogen-bond donors (Lipinski definition) is 2. The fourth-order valence-electron chi connectivity index (χ4n) is 2.01. The number of aromatic nitrogens is 1. The molecule has 0 saturated carbocycles. The highest BCUT2D eigenvalue weighted by Gasteiger charge is 2.11. The Labute approximate surface area is 112 Å². The molecule has 0 amide bonds. The van der Waals surface area contributed by atoms with Gasteiger partial charge >= 0.3 is 0 Å². The van der Waals surface area contributed by atoms with E-state index in [2.05, 4.69) is 10.3 Å². The smallest absolute Gasteiger partial charge is 0.134 e. The summed E-state index contributed by atoms with van der Waals surface area (Å²) >= 11 is 0. The van der Waals surface area contributed by atoms with Crippen LogP contribution in [0.1, 0.15) is 0 Å². The van der Waals surface area contributed by atoms with E-state index in [0.717, 1.165) is 16.5 Å².